The van der Waals surface area contributed by atoms with E-state index in [4.69, 9.17) is 5.11 Å². The number of aliphatic hydroxyl groups excluding tert-OH is 2. The average Bonchev–Trinajstić information content (AvgIpc) is 2.34. The molecule has 0 aromatic carbocycles. The molecule has 64 valence electrons. The van der Waals surface area contributed by atoms with Crippen LogP contribution < -0.4 is 0 Å². The zero-order chi connectivity index (χ0) is 8.27. The van der Waals surface area contributed by atoms with E-state index in [1.807, 2.05) is 6.08 Å². The van der Waals surface area contributed by atoms with Crippen LogP contribution in [0.3, 0.4) is 0 Å². The van der Waals surface area contributed by atoms with Crippen LogP contribution in [0, 0.1) is 11.8 Å². The molecule has 1 saturated carbocycles. The van der Waals surface area contributed by atoms with E-state index in [-0.39, 0.29) is 18.6 Å². The summed E-state index contributed by atoms with van der Waals surface area (Å²) < 4.78 is 0. The van der Waals surface area contributed by atoms with Crippen molar-refractivity contribution in [1.29, 1.82) is 0 Å². The molecule has 2 nitrogen and oxygen atoms in total. The monoisotopic (exact) mass is 156 g/mol. The van der Waals surface area contributed by atoms with Crippen LogP contribution in [0.25, 0.3) is 0 Å². The van der Waals surface area contributed by atoms with E-state index in [0.29, 0.717) is 12.3 Å². The zero-order valence-corrected chi connectivity index (χ0v) is 6.74. The van der Waals surface area contributed by atoms with Gasteiger partial charge in [0.15, 0.2) is 0 Å². The van der Waals surface area contributed by atoms with Crippen molar-refractivity contribution in [3.63, 3.8) is 0 Å². The van der Waals surface area contributed by atoms with E-state index in [9.17, 15) is 5.11 Å². The summed E-state index contributed by atoms with van der Waals surface area (Å²) in [7, 11) is 0. The second-order valence-electron chi connectivity index (χ2n) is 3.22. The first kappa shape index (κ1) is 8.75. The van der Waals surface area contributed by atoms with Crippen molar-refractivity contribution < 1.29 is 10.2 Å². The smallest absolute Gasteiger partial charge is 0.0575 e. The third-order valence-electron chi connectivity index (χ3n) is 2.61. The van der Waals surface area contributed by atoms with Gasteiger partial charge in [0.2, 0.25) is 0 Å². The fourth-order valence-electron chi connectivity index (χ4n) is 1.92. The first-order chi connectivity index (χ1) is 5.29. The van der Waals surface area contributed by atoms with Gasteiger partial charge in [-0.3, -0.25) is 0 Å². The fourth-order valence-corrected chi connectivity index (χ4v) is 1.92. The largest absolute Gasteiger partial charge is 0.396 e. The molecule has 1 aliphatic rings. The molecule has 3 unspecified atom stereocenters. The van der Waals surface area contributed by atoms with E-state index in [0.717, 1.165) is 12.8 Å². The minimum Gasteiger partial charge on any atom is -0.396 e. The van der Waals surface area contributed by atoms with Gasteiger partial charge < -0.3 is 10.2 Å². The van der Waals surface area contributed by atoms with Crippen LogP contribution in [0.15, 0.2) is 12.7 Å². The summed E-state index contributed by atoms with van der Waals surface area (Å²) >= 11 is 0. The van der Waals surface area contributed by atoms with Crippen LogP contribution in [-0.2, 0) is 0 Å². The minimum atomic E-state index is -0.217. The van der Waals surface area contributed by atoms with Crippen LogP contribution in [0.2, 0.25) is 0 Å². The molecule has 11 heavy (non-hydrogen) atoms. The molecule has 0 heterocycles. The molecule has 1 aliphatic carbocycles. The topological polar surface area (TPSA) is 40.5 Å². The molecule has 1 fully saturated rings. The Labute approximate surface area is 67.6 Å². The first-order valence-electron chi connectivity index (χ1n) is 4.21. The maximum atomic E-state index is 9.46. The van der Waals surface area contributed by atoms with Crippen molar-refractivity contribution in [1.82, 2.24) is 0 Å². The van der Waals surface area contributed by atoms with Gasteiger partial charge in [0.25, 0.3) is 0 Å². The summed E-state index contributed by atoms with van der Waals surface area (Å²) in [4.78, 5) is 0. The molecule has 3 atom stereocenters. The van der Waals surface area contributed by atoms with Gasteiger partial charge >= 0.3 is 0 Å². The van der Waals surface area contributed by atoms with Crippen molar-refractivity contribution in [2.45, 2.75) is 25.4 Å². The van der Waals surface area contributed by atoms with E-state index < -0.39 is 0 Å². The molecular formula is C9H16O2. The van der Waals surface area contributed by atoms with E-state index >= 15 is 0 Å². The van der Waals surface area contributed by atoms with Crippen LogP contribution in [0.4, 0.5) is 0 Å². The van der Waals surface area contributed by atoms with Gasteiger partial charge in [-0.15, -0.1) is 6.58 Å². The maximum absolute atomic E-state index is 9.46. The maximum Gasteiger partial charge on any atom is 0.0575 e. The molecule has 1 rings (SSSR count). The third kappa shape index (κ3) is 1.82. The van der Waals surface area contributed by atoms with E-state index in [2.05, 4.69) is 6.58 Å². The molecule has 0 saturated heterocycles. The molecule has 0 amide bonds. The molecule has 0 bridgehead atoms. The molecular weight excluding hydrogens is 140 g/mol. The highest BCUT2D eigenvalue weighted by molar-refractivity contribution is 4.93. The summed E-state index contributed by atoms with van der Waals surface area (Å²) in [6.45, 7) is 3.89. The van der Waals surface area contributed by atoms with Gasteiger partial charge in [0.1, 0.15) is 0 Å². The summed E-state index contributed by atoms with van der Waals surface area (Å²) in [5.74, 6) is 0.662. The molecule has 0 spiro atoms. The van der Waals surface area contributed by atoms with Gasteiger partial charge in [0.05, 0.1) is 6.10 Å². The summed E-state index contributed by atoms with van der Waals surface area (Å²) in [6, 6.07) is 0. The molecule has 0 aliphatic heterocycles. The lowest BCUT2D eigenvalue weighted by atomic mass is 9.92. The Morgan fingerprint density at radius 2 is 2.18 bits per heavy atom. The Balaban J connectivity index is 2.48. The van der Waals surface area contributed by atoms with Gasteiger partial charge in [-0.2, -0.15) is 0 Å². The second-order valence-corrected chi connectivity index (χ2v) is 3.22. The molecule has 2 heteroatoms. The Morgan fingerprint density at radius 3 is 2.73 bits per heavy atom. The SMILES string of the molecule is C=CC1CCC(O)C1CCO. The summed E-state index contributed by atoms with van der Waals surface area (Å²) in [5, 5.41) is 18.2. The lowest BCUT2D eigenvalue weighted by Crippen LogP contribution is -2.19. The minimum absolute atomic E-state index is 0.173. The zero-order valence-electron chi connectivity index (χ0n) is 6.74. The predicted octanol–water partition coefficient (Wildman–Crippen LogP) is 0.942. The highest BCUT2D eigenvalue weighted by atomic mass is 16.3. The van der Waals surface area contributed by atoms with E-state index in [1.165, 1.54) is 0 Å². The first-order valence-corrected chi connectivity index (χ1v) is 4.21. The molecule has 2 N–H and O–H groups in total. The van der Waals surface area contributed by atoms with Crippen LogP contribution in [-0.4, -0.2) is 22.9 Å². The average molecular weight is 156 g/mol. The lowest BCUT2D eigenvalue weighted by molar-refractivity contribution is 0.104. The lowest BCUT2D eigenvalue weighted by Gasteiger charge is -2.17. The predicted molar refractivity (Wildman–Crippen MR) is 44.1 cm³/mol. The quantitative estimate of drug-likeness (QED) is 0.597. The van der Waals surface area contributed by atoms with Gasteiger partial charge in [0, 0.05) is 6.61 Å². The van der Waals surface area contributed by atoms with Crippen molar-refractivity contribution in [3.05, 3.63) is 12.7 Å². The molecule has 0 radical (unpaired) electrons. The number of rotatable bonds is 3. The highest BCUT2D eigenvalue weighted by Crippen LogP contribution is 2.34. The van der Waals surface area contributed by atoms with Crippen molar-refractivity contribution >= 4 is 0 Å². The Hall–Kier alpha value is -0.340. The van der Waals surface area contributed by atoms with Crippen molar-refractivity contribution in [3.8, 4) is 0 Å². The van der Waals surface area contributed by atoms with Gasteiger partial charge in [-0.1, -0.05) is 6.08 Å². The van der Waals surface area contributed by atoms with Gasteiger partial charge in [-0.05, 0) is 31.1 Å². The molecule has 0 aromatic heterocycles. The van der Waals surface area contributed by atoms with Crippen molar-refractivity contribution in [2.24, 2.45) is 11.8 Å². The Kier molecular flexibility index (Phi) is 3.09. The van der Waals surface area contributed by atoms with Crippen LogP contribution in [0.5, 0.6) is 0 Å². The van der Waals surface area contributed by atoms with Gasteiger partial charge in [-0.25, -0.2) is 0 Å². The summed E-state index contributed by atoms with van der Waals surface area (Å²) in [6.07, 6.45) is 4.27. The Bertz CT molecular complexity index is 134. The summed E-state index contributed by atoms with van der Waals surface area (Å²) in [5.41, 5.74) is 0. The normalized spacial score (nSPS) is 37.5. The third-order valence-corrected chi connectivity index (χ3v) is 2.61. The fraction of sp³-hybridized carbons (Fsp3) is 0.778. The molecule has 0 aromatic rings. The van der Waals surface area contributed by atoms with E-state index in [1.54, 1.807) is 0 Å². The number of hydrogen-bond donors (Lipinski definition) is 2. The number of hydrogen-bond acceptors (Lipinski definition) is 2. The highest BCUT2D eigenvalue weighted by Gasteiger charge is 2.32. The van der Waals surface area contributed by atoms with Crippen LogP contribution >= 0.6 is 0 Å². The van der Waals surface area contributed by atoms with Crippen LogP contribution in [0.1, 0.15) is 19.3 Å². The van der Waals surface area contributed by atoms with Crippen molar-refractivity contribution in [2.75, 3.05) is 6.61 Å². The number of aliphatic hydroxyl groups is 2. The second kappa shape index (κ2) is 3.88. The Morgan fingerprint density at radius 1 is 1.45 bits per heavy atom. The number of allylic oxidation sites excluding steroid dienone is 1. The standard InChI is InChI=1S/C9H16O2/c1-2-7-3-4-9(11)8(7)5-6-10/h2,7-11H,1,3-6H2.